The van der Waals surface area contributed by atoms with E-state index < -0.39 is 27.9 Å². The molecule has 1 atom stereocenters. The first-order chi connectivity index (χ1) is 19.7. The van der Waals surface area contributed by atoms with Crippen LogP contribution in [0.5, 0.6) is 0 Å². The predicted molar refractivity (Wildman–Crippen MR) is 163 cm³/mol. The SMILES string of the molecule is CN(C[C@@H](O)CNC(C)(C)CC1Cc2ccccc2C1)S(=O)(=O)c1ccc(-c2cc(CCC(=O)O)ccc2F)c(Cl)c1. The van der Waals surface area contributed by atoms with E-state index in [4.69, 9.17) is 16.7 Å². The van der Waals surface area contributed by atoms with E-state index in [9.17, 15) is 22.7 Å². The summed E-state index contributed by atoms with van der Waals surface area (Å²) in [7, 11) is -2.60. The fourth-order valence-corrected chi connectivity index (χ4v) is 7.26. The predicted octanol–water partition coefficient (Wildman–Crippen LogP) is 5.32. The van der Waals surface area contributed by atoms with Crippen LogP contribution in [0.4, 0.5) is 4.39 Å². The van der Waals surface area contributed by atoms with E-state index in [2.05, 4.69) is 43.4 Å². The highest BCUT2D eigenvalue weighted by atomic mass is 35.5. The summed E-state index contributed by atoms with van der Waals surface area (Å²) in [6.07, 6.45) is 2.18. The third-order valence-electron chi connectivity index (χ3n) is 7.82. The van der Waals surface area contributed by atoms with Crippen molar-refractivity contribution in [1.29, 1.82) is 0 Å². The Kier molecular flexibility index (Phi) is 10.1. The quantitative estimate of drug-likeness (QED) is 0.240. The Labute approximate surface area is 252 Å². The van der Waals surface area contributed by atoms with E-state index in [-0.39, 0.29) is 47.0 Å². The summed E-state index contributed by atoms with van der Waals surface area (Å²) in [4.78, 5) is 10.8. The number of benzene rings is 3. The summed E-state index contributed by atoms with van der Waals surface area (Å²) in [5.74, 6) is -1.00. The second-order valence-corrected chi connectivity index (χ2v) is 14.3. The van der Waals surface area contributed by atoms with E-state index in [1.54, 1.807) is 0 Å². The van der Waals surface area contributed by atoms with Crippen molar-refractivity contribution in [2.45, 2.75) is 62.5 Å². The summed E-state index contributed by atoms with van der Waals surface area (Å²) >= 11 is 6.43. The van der Waals surface area contributed by atoms with Gasteiger partial charge >= 0.3 is 5.97 Å². The Balaban J connectivity index is 1.36. The van der Waals surface area contributed by atoms with E-state index >= 15 is 0 Å². The van der Waals surface area contributed by atoms with Crippen molar-refractivity contribution in [3.8, 4) is 11.1 Å². The topological polar surface area (TPSA) is 107 Å². The van der Waals surface area contributed by atoms with Crippen LogP contribution in [0, 0.1) is 11.7 Å². The molecule has 0 unspecified atom stereocenters. The van der Waals surface area contributed by atoms with Gasteiger partial charge in [0.15, 0.2) is 0 Å². The number of fused-ring (bicyclic) bond motifs is 1. The molecule has 10 heteroatoms. The van der Waals surface area contributed by atoms with Crippen molar-refractivity contribution < 1.29 is 27.8 Å². The van der Waals surface area contributed by atoms with E-state index in [0.717, 1.165) is 23.6 Å². The van der Waals surface area contributed by atoms with Crippen LogP contribution in [-0.2, 0) is 34.1 Å². The molecule has 7 nitrogen and oxygen atoms in total. The van der Waals surface area contributed by atoms with Crippen LogP contribution in [-0.4, -0.2) is 60.7 Å². The first-order valence-corrected chi connectivity index (χ1v) is 15.8. The van der Waals surface area contributed by atoms with Crippen LogP contribution >= 0.6 is 11.6 Å². The van der Waals surface area contributed by atoms with Gasteiger partial charge in [-0.3, -0.25) is 4.79 Å². The van der Waals surface area contributed by atoms with Gasteiger partial charge in [0, 0.05) is 48.2 Å². The maximum atomic E-state index is 14.6. The van der Waals surface area contributed by atoms with E-state index in [0.29, 0.717) is 17.0 Å². The Hall–Kier alpha value is -2.82. The molecular formula is C32H38ClFN2O5S. The summed E-state index contributed by atoms with van der Waals surface area (Å²) in [6.45, 7) is 4.29. The second-order valence-electron chi connectivity index (χ2n) is 11.8. The van der Waals surface area contributed by atoms with Gasteiger partial charge in [-0.25, -0.2) is 12.8 Å². The molecule has 1 aliphatic carbocycles. The number of carboxylic acid groups (broad SMARTS) is 1. The molecule has 226 valence electrons. The lowest BCUT2D eigenvalue weighted by atomic mass is 9.88. The average Bonchev–Trinajstić information content (AvgIpc) is 3.33. The number of halogens is 2. The number of aryl methyl sites for hydroxylation is 1. The lowest BCUT2D eigenvalue weighted by Crippen LogP contribution is -2.47. The summed E-state index contributed by atoms with van der Waals surface area (Å²) in [5.41, 5.74) is 3.63. The average molecular weight is 617 g/mol. The van der Waals surface area contributed by atoms with Crippen molar-refractivity contribution in [1.82, 2.24) is 9.62 Å². The minimum Gasteiger partial charge on any atom is -0.481 e. The number of nitrogens with zero attached hydrogens (tertiary/aromatic N) is 1. The Bertz CT molecular complexity index is 1520. The molecule has 0 radical (unpaired) electrons. The number of hydrogen-bond donors (Lipinski definition) is 3. The van der Waals surface area contributed by atoms with Crippen LogP contribution in [0.2, 0.25) is 5.02 Å². The van der Waals surface area contributed by atoms with Gasteiger partial charge in [0.05, 0.1) is 11.0 Å². The van der Waals surface area contributed by atoms with Crippen LogP contribution in [0.3, 0.4) is 0 Å². The molecule has 0 spiro atoms. The number of aliphatic hydroxyl groups excluding tert-OH is 1. The molecule has 0 bridgehead atoms. The standard InChI is InChI=1S/C32H38ClFN2O5S/c1-32(2,18-22-14-23-6-4-5-7-24(23)15-22)35-19-25(37)20-36(3)42(40,41)26-10-11-27(29(33)17-26)28-16-21(8-12-30(28)34)9-13-31(38)39/h4-8,10-12,16-17,22,25,35,37H,9,13-15,18-20H2,1-3H3,(H,38,39)/t25-/m0/s1. The third kappa shape index (κ3) is 7.96. The molecule has 3 N–H and O–H groups in total. The van der Waals surface area contributed by atoms with Gasteiger partial charge in [-0.2, -0.15) is 4.31 Å². The molecule has 0 saturated carbocycles. The number of hydrogen-bond acceptors (Lipinski definition) is 5. The maximum absolute atomic E-state index is 14.6. The zero-order chi connectivity index (χ0) is 30.7. The molecule has 0 fully saturated rings. The van der Waals surface area contributed by atoms with E-state index in [1.165, 1.54) is 54.6 Å². The molecule has 0 aromatic heterocycles. The van der Waals surface area contributed by atoms with Gasteiger partial charge in [0.2, 0.25) is 10.0 Å². The lowest BCUT2D eigenvalue weighted by molar-refractivity contribution is -0.136. The molecule has 1 aliphatic rings. The Morgan fingerprint density at radius 1 is 1.10 bits per heavy atom. The summed E-state index contributed by atoms with van der Waals surface area (Å²) in [5, 5.41) is 23.1. The third-order valence-corrected chi connectivity index (χ3v) is 9.95. The molecule has 0 amide bonds. The number of rotatable bonds is 13. The van der Waals surface area contributed by atoms with Crippen molar-refractivity contribution in [2.24, 2.45) is 5.92 Å². The number of aliphatic carboxylic acids is 1. The van der Waals surface area contributed by atoms with Gasteiger partial charge in [0.25, 0.3) is 0 Å². The first-order valence-electron chi connectivity index (χ1n) is 14.0. The number of nitrogens with one attached hydrogen (secondary N) is 1. The summed E-state index contributed by atoms with van der Waals surface area (Å²) in [6, 6.07) is 16.8. The van der Waals surface area contributed by atoms with Gasteiger partial charge in [-0.1, -0.05) is 48.0 Å². The number of carbonyl (C=O) groups is 1. The molecule has 3 aromatic carbocycles. The number of carboxylic acids is 1. The highest BCUT2D eigenvalue weighted by Crippen LogP contribution is 2.34. The minimum absolute atomic E-state index is 0.0387. The Morgan fingerprint density at radius 3 is 2.38 bits per heavy atom. The normalized spacial score (nSPS) is 14.7. The Morgan fingerprint density at radius 2 is 1.76 bits per heavy atom. The van der Waals surface area contributed by atoms with Crippen molar-refractivity contribution >= 4 is 27.6 Å². The fourth-order valence-electron chi connectivity index (χ4n) is 5.68. The largest absolute Gasteiger partial charge is 0.481 e. The summed E-state index contributed by atoms with van der Waals surface area (Å²) < 4.78 is 42.3. The maximum Gasteiger partial charge on any atom is 0.303 e. The number of aliphatic hydroxyl groups is 1. The van der Waals surface area contributed by atoms with Crippen molar-refractivity contribution in [2.75, 3.05) is 20.1 Å². The number of likely N-dealkylation sites (N-methyl/N-ethyl adjacent to an activating group) is 1. The van der Waals surface area contributed by atoms with Gasteiger partial charge in [-0.15, -0.1) is 0 Å². The van der Waals surface area contributed by atoms with Crippen LogP contribution in [0.15, 0.2) is 65.6 Å². The van der Waals surface area contributed by atoms with Crippen LogP contribution in [0.25, 0.3) is 11.1 Å². The molecule has 0 aliphatic heterocycles. The van der Waals surface area contributed by atoms with Crippen molar-refractivity contribution in [3.05, 3.63) is 88.2 Å². The van der Waals surface area contributed by atoms with Crippen LogP contribution in [0.1, 0.15) is 43.4 Å². The molecule has 4 rings (SSSR count). The van der Waals surface area contributed by atoms with Gasteiger partial charge in [0.1, 0.15) is 5.82 Å². The number of β-amino-alcohol motifs (C(OH)–C–C–N with tert-alkyl or cyclic N) is 1. The second kappa shape index (κ2) is 13.2. The smallest absolute Gasteiger partial charge is 0.303 e. The van der Waals surface area contributed by atoms with Crippen molar-refractivity contribution in [3.63, 3.8) is 0 Å². The molecule has 0 saturated heterocycles. The fraction of sp³-hybridized carbons (Fsp3) is 0.406. The molecular weight excluding hydrogens is 579 g/mol. The molecule has 0 heterocycles. The monoisotopic (exact) mass is 616 g/mol. The van der Waals surface area contributed by atoms with Crippen LogP contribution < -0.4 is 5.32 Å². The van der Waals surface area contributed by atoms with Gasteiger partial charge < -0.3 is 15.5 Å². The first kappa shape index (κ1) is 32.1. The molecule has 3 aromatic rings. The highest BCUT2D eigenvalue weighted by Gasteiger charge is 2.29. The zero-order valence-electron chi connectivity index (χ0n) is 24.1. The lowest BCUT2D eigenvalue weighted by Gasteiger charge is -2.31. The minimum atomic E-state index is -3.99. The van der Waals surface area contributed by atoms with Gasteiger partial charge in [-0.05, 0) is 86.4 Å². The zero-order valence-corrected chi connectivity index (χ0v) is 25.7. The highest BCUT2D eigenvalue weighted by molar-refractivity contribution is 7.89. The molecule has 42 heavy (non-hydrogen) atoms. The van der Waals surface area contributed by atoms with E-state index in [1.807, 2.05) is 0 Å². The number of sulfonamides is 1.